The Bertz CT molecular complexity index is 963. The number of ether oxygens (including phenoxy) is 1. The van der Waals surface area contributed by atoms with Crippen molar-refractivity contribution in [3.8, 4) is 5.75 Å². The van der Waals surface area contributed by atoms with Crippen molar-refractivity contribution in [1.82, 2.24) is 14.8 Å². The van der Waals surface area contributed by atoms with Crippen molar-refractivity contribution < 1.29 is 24.2 Å². The van der Waals surface area contributed by atoms with E-state index in [2.05, 4.69) is 4.98 Å². The van der Waals surface area contributed by atoms with Crippen LogP contribution in [0.5, 0.6) is 5.75 Å². The zero-order chi connectivity index (χ0) is 23.1. The first-order valence-corrected chi connectivity index (χ1v) is 11.1. The number of aromatic nitrogens is 1. The van der Waals surface area contributed by atoms with Crippen molar-refractivity contribution in [2.24, 2.45) is 5.73 Å². The summed E-state index contributed by atoms with van der Waals surface area (Å²) in [6.07, 6.45) is 1.05. The molecule has 0 saturated carbocycles. The summed E-state index contributed by atoms with van der Waals surface area (Å²) in [5.74, 6) is -1.71. The zero-order valence-electron chi connectivity index (χ0n) is 17.4. The maximum Gasteiger partial charge on any atom is 0.312 e. The summed E-state index contributed by atoms with van der Waals surface area (Å²) in [6, 6.07) is 6.16. The first-order chi connectivity index (χ1) is 15.4. The van der Waals surface area contributed by atoms with E-state index in [1.165, 1.54) is 21.1 Å². The molecule has 2 aromatic rings. The van der Waals surface area contributed by atoms with Crippen molar-refractivity contribution in [1.29, 1.82) is 5.41 Å². The Kier molecular flexibility index (Phi) is 7.77. The largest absolute Gasteiger partial charge is 0.494 e. The van der Waals surface area contributed by atoms with Gasteiger partial charge < -0.3 is 25.4 Å². The molecular formula is C21H25N5O5S. The van der Waals surface area contributed by atoms with Gasteiger partial charge in [0.05, 0.1) is 30.3 Å². The number of carboxylic acid groups (broad SMARTS) is 1. The number of amides is 2. The van der Waals surface area contributed by atoms with Crippen molar-refractivity contribution in [2.45, 2.75) is 25.3 Å². The molecule has 1 aliphatic heterocycles. The fraction of sp³-hybridized carbons (Fsp3) is 0.381. The highest BCUT2D eigenvalue weighted by Crippen LogP contribution is 2.26. The predicted molar refractivity (Wildman–Crippen MR) is 118 cm³/mol. The molecule has 2 amide bonds. The van der Waals surface area contributed by atoms with Crippen LogP contribution in [0.15, 0.2) is 35.2 Å². The molecule has 0 aliphatic carbocycles. The summed E-state index contributed by atoms with van der Waals surface area (Å²) in [4.78, 5) is 43.5. The number of nitrogens with two attached hydrogens (primary N) is 1. The summed E-state index contributed by atoms with van der Waals surface area (Å²) >= 11 is 1.31. The third-order valence-electron chi connectivity index (χ3n) is 5.14. The fourth-order valence-electron chi connectivity index (χ4n) is 3.45. The molecular weight excluding hydrogens is 434 g/mol. The van der Waals surface area contributed by atoms with Crippen molar-refractivity contribution in [3.05, 3.63) is 46.4 Å². The van der Waals surface area contributed by atoms with Gasteiger partial charge in [-0.1, -0.05) is 0 Å². The second-order valence-electron chi connectivity index (χ2n) is 7.31. The monoisotopic (exact) mass is 459 g/mol. The van der Waals surface area contributed by atoms with Crippen LogP contribution >= 0.6 is 11.3 Å². The van der Waals surface area contributed by atoms with E-state index in [9.17, 15) is 19.5 Å². The van der Waals surface area contributed by atoms with E-state index in [1.54, 1.807) is 35.2 Å². The molecule has 1 fully saturated rings. The van der Waals surface area contributed by atoms with Gasteiger partial charge in [-0.3, -0.25) is 19.8 Å². The number of benzene rings is 1. The van der Waals surface area contributed by atoms with E-state index in [1.807, 2.05) is 0 Å². The van der Waals surface area contributed by atoms with Crippen LogP contribution < -0.4 is 10.5 Å². The lowest BCUT2D eigenvalue weighted by molar-refractivity contribution is -0.159. The smallest absolute Gasteiger partial charge is 0.312 e. The highest BCUT2D eigenvalue weighted by Gasteiger charge is 2.38. The third kappa shape index (κ3) is 5.82. The van der Waals surface area contributed by atoms with Crippen LogP contribution in [0.25, 0.3) is 0 Å². The Hall–Kier alpha value is -3.47. The zero-order valence-corrected chi connectivity index (χ0v) is 18.2. The molecule has 4 N–H and O–H groups in total. The second kappa shape index (κ2) is 10.7. The summed E-state index contributed by atoms with van der Waals surface area (Å²) in [7, 11) is 0. The number of piperazine rings is 1. The molecule has 1 aliphatic rings. The summed E-state index contributed by atoms with van der Waals surface area (Å²) in [5, 5.41) is 18.3. The lowest BCUT2D eigenvalue weighted by Crippen LogP contribution is -2.55. The van der Waals surface area contributed by atoms with Crippen molar-refractivity contribution in [2.75, 3.05) is 26.2 Å². The minimum Gasteiger partial charge on any atom is -0.494 e. The number of hydrogen-bond donors (Lipinski definition) is 3. The van der Waals surface area contributed by atoms with Gasteiger partial charge in [0.1, 0.15) is 11.6 Å². The Morgan fingerprint density at radius 2 is 1.97 bits per heavy atom. The van der Waals surface area contributed by atoms with Crippen LogP contribution in [-0.2, 0) is 14.4 Å². The number of thiazole rings is 1. The minimum atomic E-state index is -1.05. The van der Waals surface area contributed by atoms with Crippen LogP contribution in [0.4, 0.5) is 0 Å². The first-order valence-electron chi connectivity index (χ1n) is 10.1. The topological polar surface area (TPSA) is 150 Å². The van der Waals surface area contributed by atoms with Gasteiger partial charge in [0.2, 0.25) is 0 Å². The molecule has 1 aromatic carbocycles. The maximum atomic E-state index is 12.7. The molecule has 10 nitrogen and oxygen atoms in total. The number of aliphatic carboxylic acids is 1. The molecule has 1 aromatic heterocycles. The highest BCUT2D eigenvalue weighted by atomic mass is 32.1. The molecule has 2 heterocycles. The molecule has 0 bridgehead atoms. The van der Waals surface area contributed by atoms with Gasteiger partial charge in [-0.25, -0.2) is 4.98 Å². The normalized spacial score (nSPS) is 15.0. The number of carbonyl (C=O) groups excluding carboxylic acids is 2. The van der Waals surface area contributed by atoms with Crippen molar-refractivity contribution in [3.63, 3.8) is 0 Å². The van der Waals surface area contributed by atoms with E-state index in [0.717, 1.165) is 0 Å². The van der Waals surface area contributed by atoms with Gasteiger partial charge in [0.25, 0.3) is 0 Å². The summed E-state index contributed by atoms with van der Waals surface area (Å²) in [6.45, 7) is 1.48. The molecule has 11 heteroatoms. The SMILES string of the molecule is N=C(N)c1ccc(OCCCCN2CCN(C(CC(=O)O)c3cscn3)C(=O)C2=O)cc1. The van der Waals surface area contributed by atoms with Gasteiger partial charge >= 0.3 is 17.8 Å². The number of amidine groups is 1. The average molecular weight is 460 g/mol. The van der Waals surface area contributed by atoms with Gasteiger partial charge in [-0.2, -0.15) is 0 Å². The second-order valence-corrected chi connectivity index (χ2v) is 8.03. The first kappa shape index (κ1) is 23.2. The van der Waals surface area contributed by atoms with Gasteiger partial charge in [-0.15, -0.1) is 11.3 Å². The van der Waals surface area contributed by atoms with Gasteiger partial charge in [0.15, 0.2) is 0 Å². The van der Waals surface area contributed by atoms with E-state index < -0.39 is 23.8 Å². The molecule has 32 heavy (non-hydrogen) atoms. The van der Waals surface area contributed by atoms with Gasteiger partial charge in [0, 0.05) is 30.6 Å². The van der Waals surface area contributed by atoms with Crippen LogP contribution in [0, 0.1) is 5.41 Å². The van der Waals surface area contributed by atoms with Gasteiger partial charge in [-0.05, 0) is 37.1 Å². The Labute approximate surface area is 189 Å². The third-order valence-corrected chi connectivity index (χ3v) is 5.74. The van der Waals surface area contributed by atoms with E-state index in [4.69, 9.17) is 15.9 Å². The van der Waals surface area contributed by atoms with E-state index >= 15 is 0 Å². The van der Waals surface area contributed by atoms with Crippen LogP contribution in [0.3, 0.4) is 0 Å². The van der Waals surface area contributed by atoms with E-state index in [0.29, 0.717) is 49.5 Å². The Morgan fingerprint density at radius 3 is 2.59 bits per heavy atom. The van der Waals surface area contributed by atoms with Crippen LogP contribution in [0.2, 0.25) is 0 Å². The van der Waals surface area contributed by atoms with Crippen LogP contribution in [0.1, 0.15) is 36.6 Å². The summed E-state index contributed by atoms with van der Waals surface area (Å²) in [5.41, 5.74) is 8.11. The minimum absolute atomic E-state index is 0.00303. The number of nitrogen functional groups attached to an aromatic ring is 1. The number of carbonyl (C=O) groups is 3. The molecule has 170 valence electrons. The fourth-order valence-corrected chi connectivity index (χ4v) is 4.05. The standard InChI is InChI=1S/C21H25N5O5S/c22-19(23)14-3-5-15(6-4-14)31-10-2-1-7-25-8-9-26(21(30)20(25)29)17(11-18(27)28)16-12-32-13-24-16/h3-6,12-13,17H,1-2,7-11H2,(H3,22,23)(H,27,28). The lowest BCUT2D eigenvalue weighted by atomic mass is 10.1. The number of hydrogen-bond acceptors (Lipinski definition) is 7. The van der Waals surface area contributed by atoms with E-state index in [-0.39, 0.29) is 18.8 Å². The Balaban J connectivity index is 1.46. The number of rotatable bonds is 11. The highest BCUT2D eigenvalue weighted by molar-refractivity contribution is 7.07. The van der Waals surface area contributed by atoms with Crippen molar-refractivity contribution >= 4 is 35.0 Å². The number of unbranched alkanes of at least 4 members (excludes halogenated alkanes) is 1. The summed E-state index contributed by atoms with van der Waals surface area (Å²) < 4.78 is 5.65. The quantitative estimate of drug-likeness (QED) is 0.199. The number of nitrogens with zero attached hydrogens (tertiary/aromatic N) is 3. The molecule has 1 atom stereocenters. The maximum absolute atomic E-state index is 12.7. The van der Waals surface area contributed by atoms with Crippen LogP contribution in [-0.4, -0.2) is 69.8 Å². The predicted octanol–water partition coefficient (Wildman–Crippen LogP) is 1.47. The average Bonchev–Trinajstić information content (AvgIpc) is 3.30. The molecule has 1 unspecified atom stereocenters. The molecule has 0 spiro atoms. The molecule has 1 saturated heterocycles. The number of nitrogens with one attached hydrogen (secondary N) is 1. The lowest BCUT2D eigenvalue weighted by Gasteiger charge is -2.37. The molecule has 3 rings (SSSR count). The number of carboxylic acids is 1. The Morgan fingerprint density at radius 1 is 1.22 bits per heavy atom. The molecule has 0 radical (unpaired) electrons.